The van der Waals surface area contributed by atoms with E-state index in [1.54, 1.807) is 0 Å². The maximum atomic E-state index is 3.67. The Bertz CT molecular complexity index is 311. The molecule has 1 nitrogen and oxygen atoms in total. The van der Waals surface area contributed by atoms with Gasteiger partial charge in [0.05, 0.1) is 0 Å². The number of aryl methyl sites for hydroxylation is 1. The van der Waals surface area contributed by atoms with Crippen molar-refractivity contribution in [3.8, 4) is 0 Å². The van der Waals surface area contributed by atoms with E-state index in [0.29, 0.717) is 11.6 Å². The molecule has 1 aromatic rings. The van der Waals surface area contributed by atoms with Gasteiger partial charge in [-0.25, -0.2) is 0 Å². The van der Waals surface area contributed by atoms with Crippen LogP contribution in [0.3, 0.4) is 0 Å². The van der Waals surface area contributed by atoms with Gasteiger partial charge in [-0.05, 0) is 39.2 Å². The van der Waals surface area contributed by atoms with Crippen LogP contribution in [-0.2, 0) is 0 Å². The van der Waals surface area contributed by atoms with Crippen molar-refractivity contribution in [2.24, 2.45) is 0 Å². The molecule has 2 rings (SSSR count). The molecular formula is C13H19N. The Labute approximate surface area is 86.5 Å². The molecule has 1 atom stereocenters. The fourth-order valence-corrected chi connectivity index (χ4v) is 2.17. The molecule has 1 aliphatic heterocycles. The molecule has 1 fully saturated rings. The molecule has 1 N–H and O–H groups in total. The highest BCUT2D eigenvalue weighted by Gasteiger charge is 2.30. The van der Waals surface area contributed by atoms with Crippen LogP contribution < -0.4 is 5.32 Å². The van der Waals surface area contributed by atoms with Crippen LogP contribution in [0.5, 0.6) is 0 Å². The Kier molecular flexibility index (Phi) is 2.36. The largest absolute Gasteiger partial charge is 0.305 e. The Hall–Kier alpha value is -0.820. The van der Waals surface area contributed by atoms with Crippen LogP contribution in [0.2, 0.25) is 0 Å². The van der Waals surface area contributed by atoms with E-state index in [4.69, 9.17) is 0 Å². The highest BCUT2D eigenvalue weighted by atomic mass is 15.0. The van der Waals surface area contributed by atoms with E-state index >= 15 is 0 Å². The summed E-state index contributed by atoms with van der Waals surface area (Å²) in [6, 6.07) is 9.44. The van der Waals surface area contributed by atoms with Gasteiger partial charge in [-0.2, -0.15) is 0 Å². The maximum Gasteiger partial charge on any atom is 0.0325 e. The zero-order valence-electron chi connectivity index (χ0n) is 9.30. The van der Waals surface area contributed by atoms with Gasteiger partial charge in [-0.15, -0.1) is 0 Å². The third kappa shape index (κ3) is 1.98. The monoisotopic (exact) mass is 189 g/mol. The minimum Gasteiger partial charge on any atom is -0.305 e. The van der Waals surface area contributed by atoms with Crippen molar-refractivity contribution >= 4 is 0 Å². The summed E-state index contributed by atoms with van der Waals surface area (Å²) in [4.78, 5) is 0. The summed E-state index contributed by atoms with van der Waals surface area (Å²) < 4.78 is 0. The second kappa shape index (κ2) is 3.39. The average molecular weight is 189 g/mol. The molecule has 1 aromatic carbocycles. The summed E-state index contributed by atoms with van der Waals surface area (Å²) in [5.74, 6) is 0. The molecule has 1 unspecified atom stereocenters. The first-order valence-electron chi connectivity index (χ1n) is 5.41. The van der Waals surface area contributed by atoms with Crippen LogP contribution in [0.25, 0.3) is 0 Å². The minimum atomic E-state index is 0.315. The zero-order valence-corrected chi connectivity index (χ0v) is 9.30. The molecule has 0 radical (unpaired) electrons. The molecule has 1 heterocycles. The normalized spacial score (nSPS) is 25.2. The van der Waals surface area contributed by atoms with Crippen LogP contribution in [0, 0.1) is 6.92 Å². The molecule has 0 saturated carbocycles. The van der Waals surface area contributed by atoms with Crippen LogP contribution in [0.1, 0.15) is 43.9 Å². The third-order valence-electron chi connectivity index (χ3n) is 3.10. The molecule has 1 heteroatoms. The van der Waals surface area contributed by atoms with Gasteiger partial charge < -0.3 is 5.32 Å². The number of nitrogens with one attached hydrogen (secondary N) is 1. The summed E-state index contributed by atoms with van der Waals surface area (Å²) in [6.45, 7) is 6.69. The lowest BCUT2D eigenvalue weighted by molar-refractivity contribution is 0.433. The first kappa shape index (κ1) is 9.72. The Morgan fingerprint density at radius 2 is 1.86 bits per heavy atom. The van der Waals surface area contributed by atoms with Crippen molar-refractivity contribution in [1.82, 2.24) is 5.32 Å². The van der Waals surface area contributed by atoms with Gasteiger partial charge >= 0.3 is 0 Å². The summed E-state index contributed by atoms with van der Waals surface area (Å²) in [5.41, 5.74) is 3.09. The highest BCUT2D eigenvalue weighted by Crippen LogP contribution is 2.32. The van der Waals surface area contributed by atoms with E-state index in [1.165, 1.54) is 24.0 Å². The van der Waals surface area contributed by atoms with Crippen LogP contribution in [0.15, 0.2) is 24.3 Å². The molecule has 0 aromatic heterocycles. The van der Waals surface area contributed by atoms with Crippen molar-refractivity contribution in [2.45, 2.75) is 45.2 Å². The zero-order chi connectivity index (χ0) is 10.2. The van der Waals surface area contributed by atoms with Crippen LogP contribution in [-0.4, -0.2) is 5.54 Å². The van der Waals surface area contributed by atoms with Gasteiger partial charge in [0.1, 0.15) is 0 Å². The fourth-order valence-electron chi connectivity index (χ4n) is 2.17. The first-order chi connectivity index (χ1) is 6.57. The van der Waals surface area contributed by atoms with Gasteiger partial charge in [-0.3, -0.25) is 0 Å². The number of rotatable bonds is 1. The minimum absolute atomic E-state index is 0.315. The molecule has 0 bridgehead atoms. The van der Waals surface area contributed by atoms with Crippen molar-refractivity contribution in [3.63, 3.8) is 0 Å². The number of hydrogen-bond donors (Lipinski definition) is 1. The average Bonchev–Trinajstić information content (AvgIpc) is 2.47. The lowest BCUT2D eigenvalue weighted by Gasteiger charge is -2.20. The molecule has 0 aliphatic carbocycles. The standard InChI is InChI=1S/C13H19N/c1-10-4-6-11(7-5-10)12-8-9-13(2,3)14-12/h4-7,12,14H,8-9H2,1-3H3. The van der Waals surface area contributed by atoms with Crippen molar-refractivity contribution in [3.05, 3.63) is 35.4 Å². The number of hydrogen-bond acceptors (Lipinski definition) is 1. The van der Waals surface area contributed by atoms with E-state index in [2.05, 4.69) is 50.4 Å². The lowest BCUT2D eigenvalue weighted by Crippen LogP contribution is -2.33. The molecule has 0 amide bonds. The molecule has 14 heavy (non-hydrogen) atoms. The van der Waals surface area contributed by atoms with Gasteiger partial charge in [0.15, 0.2) is 0 Å². The Morgan fingerprint density at radius 1 is 1.21 bits per heavy atom. The van der Waals surface area contributed by atoms with Crippen molar-refractivity contribution in [1.29, 1.82) is 0 Å². The SMILES string of the molecule is Cc1ccc(C2CCC(C)(C)N2)cc1. The topological polar surface area (TPSA) is 12.0 Å². The van der Waals surface area contributed by atoms with Gasteiger partial charge in [0, 0.05) is 11.6 Å². The Balaban J connectivity index is 2.14. The highest BCUT2D eigenvalue weighted by molar-refractivity contribution is 5.25. The second-order valence-electron chi connectivity index (χ2n) is 5.03. The van der Waals surface area contributed by atoms with Gasteiger partial charge in [0.2, 0.25) is 0 Å². The predicted molar refractivity (Wildman–Crippen MR) is 60.4 cm³/mol. The molecular weight excluding hydrogens is 170 g/mol. The van der Waals surface area contributed by atoms with E-state index < -0.39 is 0 Å². The lowest BCUT2D eigenvalue weighted by atomic mass is 10.0. The summed E-state index contributed by atoms with van der Waals surface area (Å²) in [6.07, 6.45) is 2.53. The third-order valence-corrected chi connectivity index (χ3v) is 3.10. The van der Waals surface area contributed by atoms with E-state index in [9.17, 15) is 0 Å². The summed E-state index contributed by atoms with van der Waals surface area (Å²) in [7, 11) is 0. The predicted octanol–water partition coefficient (Wildman–Crippen LogP) is 3.20. The van der Waals surface area contributed by atoms with E-state index in [1.807, 2.05) is 0 Å². The fraction of sp³-hybridized carbons (Fsp3) is 0.538. The van der Waals surface area contributed by atoms with E-state index in [0.717, 1.165) is 0 Å². The Morgan fingerprint density at radius 3 is 2.36 bits per heavy atom. The van der Waals surface area contributed by atoms with Gasteiger partial charge in [-0.1, -0.05) is 29.8 Å². The molecule has 1 saturated heterocycles. The maximum absolute atomic E-state index is 3.67. The van der Waals surface area contributed by atoms with Crippen molar-refractivity contribution < 1.29 is 0 Å². The van der Waals surface area contributed by atoms with Crippen LogP contribution >= 0.6 is 0 Å². The quantitative estimate of drug-likeness (QED) is 0.715. The van der Waals surface area contributed by atoms with E-state index in [-0.39, 0.29) is 0 Å². The van der Waals surface area contributed by atoms with Crippen LogP contribution in [0.4, 0.5) is 0 Å². The second-order valence-corrected chi connectivity index (χ2v) is 5.03. The molecule has 76 valence electrons. The number of benzene rings is 1. The molecule has 0 spiro atoms. The van der Waals surface area contributed by atoms with Gasteiger partial charge in [0.25, 0.3) is 0 Å². The van der Waals surface area contributed by atoms with Crippen molar-refractivity contribution in [2.75, 3.05) is 0 Å². The first-order valence-corrected chi connectivity index (χ1v) is 5.41. The summed E-state index contributed by atoms with van der Waals surface area (Å²) in [5, 5.41) is 3.67. The summed E-state index contributed by atoms with van der Waals surface area (Å²) >= 11 is 0. The smallest absolute Gasteiger partial charge is 0.0325 e. The molecule has 1 aliphatic rings.